The summed E-state index contributed by atoms with van der Waals surface area (Å²) in [6.45, 7) is 4.89. The van der Waals surface area contributed by atoms with Gasteiger partial charge in [0.15, 0.2) is 5.69 Å². The van der Waals surface area contributed by atoms with E-state index in [2.05, 4.69) is 28.9 Å². The molecule has 1 aliphatic carbocycles. The number of hydrogen-bond acceptors (Lipinski definition) is 6. The van der Waals surface area contributed by atoms with Crippen LogP contribution in [0.5, 0.6) is 0 Å². The van der Waals surface area contributed by atoms with Gasteiger partial charge in [-0.3, -0.25) is 10.1 Å². The van der Waals surface area contributed by atoms with Gasteiger partial charge in [-0.1, -0.05) is 13.8 Å². The third-order valence-electron chi connectivity index (χ3n) is 3.70. The molecule has 1 fully saturated rings. The van der Waals surface area contributed by atoms with Crippen LogP contribution in [0.25, 0.3) is 0 Å². The molecule has 0 aliphatic heterocycles. The summed E-state index contributed by atoms with van der Waals surface area (Å²) in [5.74, 6) is -0.0408. The van der Waals surface area contributed by atoms with E-state index in [0.717, 1.165) is 6.42 Å². The van der Waals surface area contributed by atoms with Crippen molar-refractivity contribution in [3.8, 4) is 0 Å². The average molecular weight is 279 g/mol. The summed E-state index contributed by atoms with van der Waals surface area (Å²) in [6, 6.07) is 2.55. The third-order valence-corrected chi connectivity index (χ3v) is 3.70. The molecular formula is C13H17N3O4. The second kappa shape index (κ2) is 5.07. The summed E-state index contributed by atoms with van der Waals surface area (Å²) in [7, 11) is 1.24. The summed E-state index contributed by atoms with van der Waals surface area (Å²) in [4.78, 5) is 25.9. The molecule has 0 aromatic carbocycles. The van der Waals surface area contributed by atoms with Gasteiger partial charge in [0.2, 0.25) is 5.82 Å². The van der Waals surface area contributed by atoms with Crippen LogP contribution in [0.3, 0.4) is 0 Å². The molecular weight excluding hydrogens is 262 g/mol. The van der Waals surface area contributed by atoms with Gasteiger partial charge >= 0.3 is 11.7 Å². The van der Waals surface area contributed by atoms with E-state index in [1.165, 1.54) is 19.2 Å². The lowest BCUT2D eigenvalue weighted by molar-refractivity contribution is -0.384. The number of ether oxygens (including phenoxy) is 1. The molecule has 1 atom stereocenters. The molecule has 1 N–H and O–H groups in total. The van der Waals surface area contributed by atoms with E-state index in [1.807, 2.05) is 0 Å². The number of rotatable bonds is 5. The number of anilines is 1. The number of aromatic nitrogens is 1. The number of nitro groups is 1. The lowest BCUT2D eigenvalue weighted by Gasteiger charge is -2.08. The van der Waals surface area contributed by atoms with E-state index < -0.39 is 10.9 Å². The molecule has 108 valence electrons. The van der Waals surface area contributed by atoms with E-state index in [4.69, 9.17) is 0 Å². The highest BCUT2D eigenvalue weighted by atomic mass is 16.6. The van der Waals surface area contributed by atoms with Crippen LogP contribution in [0.15, 0.2) is 12.1 Å². The zero-order chi connectivity index (χ0) is 14.9. The Morgan fingerprint density at radius 2 is 2.25 bits per heavy atom. The summed E-state index contributed by atoms with van der Waals surface area (Å²) in [6.07, 6.45) is 1.07. The molecule has 1 aromatic heterocycles. The van der Waals surface area contributed by atoms with Crippen LogP contribution in [-0.2, 0) is 4.74 Å². The second-order valence-corrected chi connectivity index (χ2v) is 5.58. The number of carbonyl (C=O) groups is 1. The Morgan fingerprint density at radius 3 is 2.75 bits per heavy atom. The molecule has 7 nitrogen and oxygen atoms in total. The average Bonchev–Trinajstić information content (AvgIpc) is 3.02. The summed E-state index contributed by atoms with van der Waals surface area (Å²) in [5.41, 5.74) is 0.175. The zero-order valence-electron chi connectivity index (χ0n) is 11.7. The minimum atomic E-state index is -0.616. The highest BCUT2D eigenvalue weighted by molar-refractivity contribution is 5.88. The van der Waals surface area contributed by atoms with Crippen molar-refractivity contribution in [2.24, 2.45) is 11.3 Å². The monoisotopic (exact) mass is 279 g/mol. The van der Waals surface area contributed by atoms with E-state index in [0.29, 0.717) is 12.5 Å². The summed E-state index contributed by atoms with van der Waals surface area (Å²) in [5, 5.41) is 13.9. The lowest BCUT2D eigenvalue weighted by Crippen LogP contribution is -2.13. The smallest absolute Gasteiger partial charge is 0.356 e. The molecule has 20 heavy (non-hydrogen) atoms. The molecule has 1 aromatic rings. The molecule has 7 heteroatoms. The van der Waals surface area contributed by atoms with Crippen LogP contribution in [0.4, 0.5) is 11.5 Å². The number of methoxy groups -OCH3 is 1. The fraction of sp³-hybridized carbons (Fsp3) is 0.538. The minimum Gasteiger partial charge on any atom is -0.464 e. The van der Waals surface area contributed by atoms with Crippen LogP contribution >= 0.6 is 0 Å². The Labute approximate surface area is 116 Å². The van der Waals surface area contributed by atoms with E-state index in [-0.39, 0.29) is 22.6 Å². The maximum Gasteiger partial charge on any atom is 0.356 e. The minimum absolute atomic E-state index is 0.0515. The second-order valence-electron chi connectivity index (χ2n) is 5.58. The Balaban J connectivity index is 2.18. The molecule has 1 unspecified atom stereocenters. The summed E-state index contributed by atoms with van der Waals surface area (Å²) >= 11 is 0. The van der Waals surface area contributed by atoms with Crippen LogP contribution in [0.2, 0.25) is 0 Å². The van der Waals surface area contributed by atoms with Crippen molar-refractivity contribution < 1.29 is 14.5 Å². The van der Waals surface area contributed by atoms with Crippen molar-refractivity contribution in [1.29, 1.82) is 0 Å². The van der Waals surface area contributed by atoms with Gasteiger partial charge < -0.3 is 10.1 Å². The van der Waals surface area contributed by atoms with Crippen molar-refractivity contribution in [1.82, 2.24) is 4.98 Å². The SMILES string of the molecule is COC(=O)c1ccc([N+](=O)[O-])c(NCC2CC2(C)C)n1. The molecule has 0 spiro atoms. The maximum atomic E-state index is 11.4. The molecule has 0 saturated heterocycles. The van der Waals surface area contributed by atoms with Crippen molar-refractivity contribution >= 4 is 17.5 Å². The molecule has 1 aliphatic rings. The van der Waals surface area contributed by atoms with Gasteiger partial charge in [0.25, 0.3) is 0 Å². The number of esters is 1. The Bertz CT molecular complexity index is 557. The maximum absolute atomic E-state index is 11.4. The van der Waals surface area contributed by atoms with E-state index in [9.17, 15) is 14.9 Å². The van der Waals surface area contributed by atoms with Crippen molar-refractivity contribution in [3.63, 3.8) is 0 Å². The van der Waals surface area contributed by atoms with Gasteiger partial charge in [-0.05, 0) is 23.8 Å². The fourth-order valence-corrected chi connectivity index (χ4v) is 2.09. The van der Waals surface area contributed by atoms with Crippen molar-refractivity contribution in [3.05, 3.63) is 27.9 Å². The number of nitrogens with one attached hydrogen (secondary N) is 1. The fourth-order valence-electron chi connectivity index (χ4n) is 2.09. The standard InChI is InChI=1S/C13H17N3O4/c1-13(2)6-8(13)7-14-11-10(16(18)19)5-4-9(15-11)12(17)20-3/h4-5,8H,6-7H2,1-3H3,(H,14,15). The number of hydrogen-bond donors (Lipinski definition) is 1. The first kappa shape index (κ1) is 14.2. The van der Waals surface area contributed by atoms with Crippen LogP contribution < -0.4 is 5.32 Å². The van der Waals surface area contributed by atoms with Crippen molar-refractivity contribution in [2.45, 2.75) is 20.3 Å². The molecule has 1 heterocycles. The largest absolute Gasteiger partial charge is 0.464 e. The highest BCUT2D eigenvalue weighted by Crippen LogP contribution is 2.51. The van der Waals surface area contributed by atoms with Gasteiger partial charge in [-0.2, -0.15) is 0 Å². The quantitative estimate of drug-likeness (QED) is 0.504. The molecule has 1 saturated carbocycles. The first-order valence-electron chi connectivity index (χ1n) is 6.33. The number of nitrogens with zero attached hydrogens (tertiary/aromatic N) is 2. The normalized spacial score (nSPS) is 19.2. The van der Waals surface area contributed by atoms with Gasteiger partial charge in [-0.25, -0.2) is 9.78 Å². The predicted octanol–water partition coefficient (Wildman–Crippen LogP) is 2.23. The topological polar surface area (TPSA) is 94.4 Å². The van der Waals surface area contributed by atoms with Crippen LogP contribution in [0.1, 0.15) is 30.8 Å². The van der Waals surface area contributed by atoms with Gasteiger partial charge in [-0.15, -0.1) is 0 Å². The van der Waals surface area contributed by atoms with Gasteiger partial charge in [0.1, 0.15) is 0 Å². The van der Waals surface area contributed by atoms with E-state index >= 15 is 0 Å². The van der Waals surface area contributed by atoms with Crippen LogP contribution in [0, 0.1) is 21.4 Å². The van der Waals surface area contributed by atoms with Crippen molar-refractivity contribution in [2.75, 3.05) is 19.0 Å². The first-order valence-corrected chi connectivity index (χ1v) is 6.33. The number of carbonyl (C=O) groups excluding carboxylic acids is 1. The Morgan fingerprint density at radius 1 is 1.60 bits per heavy atom. The van der Waals surface area contributed by atoms with Crippen LogP contribution in [-0.4, -0.2) is 29.5 Å². The first-order chi connectivity index (χ1) is 9.35. The third kappa shape index (κ3) is 2.87. The molecule has 2 rings (SSSR count). The molecule has 0 amide bonds. The van der Waals surface area contributed by atoms with E-state index in [1.54, 1.807) is 0 Å². The Hall–Kier alpha value is -2.18. The highest BCUT2D eigenvalue weighted by Gasteiger charge is 2.45. The zero-order valence-corrected chi connectivity index (χ0v) is 11.7. The summed E-state index contributed by atoms with van der Waals surface area (Å²) < 4.78 is 4.56. The lowest BCUT2D eigenvalue weighted by atomic mass is 10.1. The Kier molecular flexibility index (Phi) is 3.61. The number of pyridine rings is 1. The molecule has 0 bridgehead atoms. The predicted molar refractivity (Wildman–Crippen MR) is 72.6 cm³/mol. The van der Waals surface area contributed by atoms with Gasteiger partial charge in [0, 0.05) is 12.6 Å². The van der Waals surface area contributed by atoms with Gasteiger partial charge in [0.05, 0.1) is 12.0 Å². The molecule has 0 radical (unpaired) electrons.